The molecule has 0 aromatic carbocycles. The molecule has 0 atom stereocenters. The highest BCUT2D eigenvalue weighted by Gasteiger charge is 2.30. The lowest BCUT2D eigenvalue weighted by Crippen LogP contribution is -2.29. The van der Waals surface area contributed by atoms with Gasteiger partial charge in [0.15, 0.2) is 0 Å². The Bertz CT molecular complexity index is 587. The average Bonchev–Trinajstić information content (AvgIpc) is 2.60. The van der Waals surface area contributed by atoms with Gasteiger partial charge in [-0.05, 0) is 27.7 Å². The fourth-order valence-corrected chi connectivity index (χ4v) is 3.19. The Balaban J connectivity index is 2.96. The van der Waals surface area contributed by atoms with Crippen molar-refractivity contribution in [3.8, 4) is 0 Å². The Hall–Kier alpha value is -1.38. The van der Waals surface area contributed by atoms with Crippen molar-refractivity contribution in [3.63, 3.8) is 0 Å². The molecule has 0 aliphatic carbocycles. The number of rotatable bonds is 7. The van der Waals surface area contributed by atoms with E-state index >= 15 is 0 Å². The molecule has 1 heterocycles. The van der Waals surface area contributed by atoms with Crippen LogP contribution in [0, 0.1) is 13.8 Å². The Morgan fingerprint density at radius 3 is 2.45 bits per heavy atom. The van der Waals surface area contributed by atoms with Crippen LogP contribution in [-0.4, -0.2) is 38.7 Å². The number of nitrogens with one attached hydrogen (secondary N) is 1. The molecule has 0 saturated carbocycles. The lowest BCUT2D eigenvalue weighted by Gasteiger charge is -2.09. The van der Waals surface area contributed by atoms with E-state index in [1.54, 1.807) is 0 Å². The van der Waals surface area contributed by atoms with Gasteiger partial charge in [-0.25, -0.2) is 17.9 Å². The van der Waals surface area contributed by atoms with Gasteiger partial charge in [0.05, 0.1) is 12.7 Å². The second-order valence-corrected chi connectivity index (χ2v) is 6.24. The summed E-state index contributed by atoms with van der Waals surface area (Å²) in [5, 5.41) is 9.09. The van der Waals surface area contributed by atoms with Crippen LogP contribution < -0.4 is 4.72 Å². The van der Waals surface area contributed by atoms with Gasteiger partial charge in [-0.2, -0.15) is 0 Å². The van der Waals surface area contributed by atoms with E-state index in [0.29, 0.717) is 0 Å². The summed E-state index contributed by atoms with van der Waals surface area (Å²) in [6.45, 7) is 6.76. The third-order valence-corrected chi connectivity index (χ3v) is 4.15. The lowest BCUT2D eigenvalue weighted by molar-refractivity contribution is 0.0691. The molecule has 20 heavy (non-hydrogen) atoms. The molecule has 0 saturated heterocycles. The predicted octanol–water partition coefficient (Wildman–Crippen LogP) is 1.30. The number of sulfonamides is 1. The van der Waals surface area contributed by atoms with Crippen molar-refractivity contribution < 1.29 is 27.5 Å². The van der Waals surface area contributed by atoms with E-state index in [-0.39, 0.29) is 41.2 Å². The first-order valence-electron chi connectivity index (χ1n) is 6.11. The molecule has 7 nitrogen and oxygen atoms in total. The zero-order valence-electron chi connectivity index (χ0n) is 11.9. The largest absolute Gasteiger partial charge is 0.478 e. The highest BCUT2D eigenvalue weighted by Crippen LogP contribution is 2.26. The molecule has 0 radical (unpaired) electrons. The van der Waals surface area contributed by atoms with Crippen LogP contribution in [-0.2, 0) is 14.8 Å². The van der Waals surface area contributed by atoms with Crippen LogP contribution in [0.4, 0.5) is 0 Å². The Morgan fingerprint density at radius 2 is 1.95 bits per heavy atom. The predicted molar refractivity (Wildman–Crippen MR) is 71.4 cm³/mol. The zero-order valence-corrected chi connectivity index (χ0v) is 12.7. The molecule has 0 fully saturated rings. The molecule has 2 N–H and O–H groups in total. The van der Waals surface area contributed by atoms with E-state index in [0.717, 1.165) is 0 Å². The molecule has 1 aromatic heterocycles. The van der Waals surface area contributed by atoms with Crippen LogP contribution in [0.2, 0.25) is 0 Å². The Morgan fingerprint density at radius 1 is 1.35 bits per heavy atom. The maximum Gasteiger partial charge on any atom is 0.340 e. The second kappa shape index (κ2) is 6.38. The molecule has 114 valence electrons. The second-order valence-electron chi connectivity index (χ2n) is 4.54. The molecule has 0 spiro atoms. The summed E-state index contributed by atoms with van der Waals surface area (Å²) in [7, 11) is -3.95. The minimum absolute atomic E-state index is 0.00742. The van der Waals surface area contributed by atoms with Crippen molar-refractivity contribution >= 4 is 16.0 Å². The van der Waals surface area contributed by atoms with Gasteiger partial charge in [0, 0.05) is 6.54 Å². The maximum absolute atomic E-state index is 12.1. The molecule has 0 amide bonds. The lowest BCUT2D eigenvalue weighted by atomic mass is 10.2. The van der Waals surface area contributed by atoms with Crippen LogP contribution >= 0.6 is 0 Å². The van der Waals surface area contributed by atoms with Gasteiger partial charge in [0.25, 0.3) is 0 Å². The van der Waals surface area contributed by atoms with E-state index in [1.807, 2.05) is 13.8 Å². The molecule has 8 heteroatoms. The number of aryl methyl sites for hydroxylation is 2. The number of carboxylic acids is 1. The van der Waals surface area contributed by atoms with E-state index in [9.17, 15) is 13.2 Å². The molecule has 1 aromatic rings. The van der Waals surface area contributed by atoms with Crippen LogP contribution in [0.3, 0.4) is 0 Å². The summed E-state index contributed by atoms with van der Waals surface area (Å²) in [6.07, 6.45) is -0.00742. The van der Waals surface area contributed by atoms with E-state index in [2.05, 4.69) is 4.72 Å². The molecule has 0 unspecified atom stereocenters. The Labute approximate surface area is 118 Å². The van der Waals surface area contributed by atoms with E-state index < -0.39 is 16.0 Å². The highest BCUT2D eigenvalue weighted by atomic mass is 32.2. The number of carboxylic acid groups (broad SMARTS) is 1. The van der Waals surface area contributed by atoms with Gasteiger partial charge in [-0.1, -0.05) is 0 Å². The van der Waals surface area contributed by atoms with Gasteiger partial charge in [-0.3, -0.25) is 0 Å². The van der Waals surface area contributed by atoms with Gasteiger partial charge in [-0.15, -0.1) is 0 Å². The van der Waals surface area contributed by atoms with E-state index in [1.165, 1.54) is 13.8 Å². The summed E-state index contributed by atoms with van der Waals surface area (Å²) in [4.78, 5) is 10.8. The van der Waals surface area contributed by atoms with Crippen LogP contribution in [0.15, 0.2) is 9.31 Å². The fourth-order valence-electron chi connectivity index (χ4n) is 1.78. The summed E-state index contributed by atoms with van der Waals surface area (Å²) in [5.41, 5.74) is -0.334. The number of carbonyl (C=O) groups is 1. The van der Waals surface area contributed by atoms with Crippen LogP contribution in [0.1, 0.15) is 35.7 Å². The molecule has 0 aliphatic rings. The molecular formula is C12H19NO6S. The summed E-state index contributed by atoms with van der Waals surface area (Å²) in [5.74, 6) is -1.22. The first-order chi connectivity index (χ1) is 9.16. The van der Waals surface area contributed by atoms with Crippen LogP contribution in [0.5, 0.6) is 0 Å². The first kappa shape index (κ1) is 16.7. The minimum atomic E-state index is -3.95. The number of hydrogen-bond acceptors (Lipinski definition) is 5. The Kier molecular flexibility index (Phi) is 5.32. The van der Waals surface area contributed by atoms with Crippen molar-refractivity contribution in [2.45, 2.75) is 38.7 Å². The normalized spacial score (nSPS) is 12.1. The highest BCUT2D eigenvalue weighted by molar-refractivity contribution is 7.89. The van der Waals surface area contributed by atoms with Crippen molar-refractivity contribution in [2.24, 2.45) is 0 Å². The third kappa shape index (κ3) is 3.81. The molecular weight excluding hydrogens is 286 g/mol. The summed E-state index contributed by atoms with van der Waals surface area (Å²) in [6, 6.07) is 0. The quantitative estimate of drug-likeness (QED) is 0.735. The number of ether oxygens (including phenoxy) is 1. The monoisotopic (exact) mass is 305 g/mol. The maximum atomic E-state index is 12.1. The van der Waals surface area contributed by atoms with Crippen molar-refractivity contribution in [1.82, 2.24) is 4.72 Å². The SMILES string of the molecule is Cc1oc(C)c(S(=O)(=O)NCCOC(C)C)c1C(=O)O. The van der Waals surface area contributed by atoms with E-state index in [4.69, 9.17) is 14.3 Å². The topological polar surface area (TPSA) is 106 Å². The van der Waals surface area contributed by atoms with Gasteiger partial charge in [0.2, 0.25) is 10.0 Å². The molecule has 0 bridgehead atoms. The summed E-state index contributed by atoms with van der Waals surface area (Å²) < 4.78 is 36.9. The first-order valence-corrected chi connectivity index (χ1v) is 7.59. The van der Waals surface area contributed by atoms with Crippen molar-refractivity contribution in [2.75, 3.05) is 13.2 Å². The van der Waals surface area contributed by atoms with Crippen LogP contribution in [0.25, 0.3) is 0 Å². The third-order valence-electron chi connectivity index (χ3n) is 2.53. The zero-order chi connectivity index (χ0) is 15.5. The van der Waals surface area contributed by atoms with Gasteiger partial charge in [0.1, 0.15) is 22.0 Å². The van der Waals surface area contributed by atoms with Crippen molar-refractivity contribution in [1.29, 1.82) is 0 Å². The standard InChI is InChI=1S/C12H19NO6S/c1-7(2)18-6-5-13-20(16,17)11-9(4)19-8(3)10(11)12(14)15/h7,13H,5-6H2,1-4H3,(H,14,15). The number of aromatic carboxylic acids is 1. The number of hydrogen-bond donors (Lipinski definition) is 2. The summed E-state index contributed by atoms with van der Waals surface area (Å²) >= 11 is 0. The average molecular weight is 305 g/mol. The smallest absolute Gasteiger partial charge is 0.340 e. The fraction of sp³-hybridized carbons (Fsp3) is 0.583. The minimum Gasteiger partial charge on any atom is -0.478 e. The van der Waals surface area contributed by atoms with Gasteiger partial charge >= 0.3 is 5.97 Å². The number of furan rings is 1. The van der Waals surface area contributed by atoms with Gasteiger partial charge < -0.3 is 14.3 Å². The molecule has 1 rings (SSSR count). The molecule has 0 aliphatic heterocycles. The van der Waals surface area contributed by atoms with Crippen molar-refractivity contribution in [3.05, 3.63) is 17.1 Å².